The first-order chi connectivity index (χ1) is 6.77. The molecule has 0 saturated carbocycles. The Morgan fingerprint density at radius 2 is 1.33 bits per heavy atom. The van der Waals surface area contributed by atoms with Gasteiger partial charge in [-0.1, -0.05) is 37.8 Å². The zero-order valence-corrected chi connectivity index (χ0v) is 7.77. The highest BCUT2D eigenvalue weighted by atomic mass is 14.6. The van der Waals surface area contributed by atoms with E-state index < -0.39 is 0 Å². The zero-order valence-electron chi connectivity index (χ0n) is 7.77. The monoisotopic (exact) mass is 200 g/mol. The second kappa shape index (κ2) is 4.51. The average molecular weight is 200 g/mol. The largest absolute Gasteiger partial charge is 0.399 e. The molecule has 2 heteroatoms. The number of nitrogen functional groups attached to an aromatic ring is 2. The molecule has 0 radical (unpaired) electrons. The lowest BCUT2D eigenvalue weighted by molar-refractivity contribution is 1.60. The fourth-order valence-corrected chi connectivity index (χ4v) is 1.42. The molecule has 0 spiro atoms. The maximum absolute atomic E-state index is 5.86. The Morgan fingerprint density at radius 3 is 1.93 bits per heavy atom. The normalized spacial score (nSPS) is 9.33. The highest BCUT2D eigenvalue weighted by Crippen LogP contribution is 2.25. The molecule has 0 saturated heterocycles. The predicted octanol–water partition coefficient (Wildman–Crippen LogP) is 3.15. The van der Waals surface area contributed by atoms with Gasteiger partial charge < -0.3 is 11.5 Å². The van der Waals surface area contributed by atoms with E-state index in [1.165, 1.54) is 0 Å². The molecule has 2 rings (SSSR count). The lowest BCUT2D eigenvalue weighted by Gasteiger charge is -2.05. The minimum absolute atomic E-state index is 0. The van der Waals surface area contributed by atoms with Crippen LogP contribution in [-0.2, 0) is 0 Å². The van der Waals surface area contributed by atoms with E-state index in [1.807, 2.05) is 48.5 Å². The Balaban J connectivity index is 0.00000112. The lowest BCUT2D eigenvalue weighted by atomic mass is 10.0. The summed E-state index contributed by atoms with van der Waals surface area (Å²) in [6.45, 7) is 0. The van der Waals surface area contributed by atoms with Crippen molar-refractivity contribution in [1.82, 2.24) is 0 Å². The van der Waals surface area contributed by atoms with Crippen LogP contribution in [0.2, 0.25) is 0 Å². The first kappa shape index (κ1) is 11.1. The van der Waals surface area contributed by atoms with Crippen LogP contribution in [0.1, 0.15) is 7.43 Å². The Hall–Kier alpha value is -1.96. The summed E-state index contributed by atoms with van der Waals surface area (Å²) in [5, 5.41) is 0. The molecule has 0 unspecified atom stereocenters. The summed E-state index contributed by atoms with van der Waals surface area (Å²) in [5.41, 5.74) is 15.2. The number of rotatable bonds is 1. The van der Waals surface area contributed by atoms with Crippen molar-refractivity contribution in [3.8, 4) is 11.1 Å². The fraction of sp³-hybridized carbons (Fsp3) is 0.0769. The molecule has 0 aromatic heterocycles. The topological polar surface area (TPSA) is 52.0 Å². The molecular formula is C13H16N2. The van der Waals surface area contributed by atoms with E-state index in [4.69, 9.17) is 11.5 Å². The molecule has 0 atom stereocenters. The van der Waals surface area contributed by atoms with Gasteiger partial charge in [-0.3, -0.25) is 0 Å². The number of nitrogens with two attached hydrogens (primary N) is 2. The Morgan fingerprint density at radius 1 is 0.733 bits per heavy atom. The number of hydrogen-bond acceptors (Lipinski definition) is 2. The van der Waals surface area contributed by atoms with Crippen LogP contribution in [0.4, 0.5) is 11.4 Å². The van der Waals surface area contributed by atoms with Crippen molar-refractivity contribution in [3.05, 3.63) is 48.5 Å². The van der Waals surface area contributed by atoms with Gasteiger partial charge in [0.2, 0.25) is 0 Å². The zero-order chi connectivity index (χ0) is 9.97. The summed E-state index contributed by atoms with van der Waals surface area (Å²) in [6.07, 6.45) is 0. The minimum Gasteiger partial charge on any atom is -0.399 e. The van der Waals surface area contributed by atoms with Gasteiger partial charge in [-0.15, -0.1) is 0 Å². The predicted molar refractivity (Wildman–Crippen MR) is 67.4 cm³/mol. The lowest BCUT2D eigenvalue weighted by Crippen LogP contribution is -1.89. The first-order valence-electron chi connectivity index (χ1n) is 4.48. The van der Waals surface area contributed by atoms with Crippen LogP contribution in [0.25, 0.3) is 11.1 Å². The van der Waals surface area contributed by atoms with Crippen molar-refractivity contribution in [2.45, 2.75) is 7.43 Å². The third-order valence-electron chi connectivity index (χ3n) is 2.18. The molecule has 2 aromatic carbocycles. The van der Waals surface area contributed by atoms with E-state index >= 15 is 0 Å². The summed E-state index contributed by atoms with van der Waals surface area (Å²) in [5.74, 6) is 0. The molecule has 4 N–H and O–H groups in total. The van der Waals surface area contributed by atoms with Gasteiger partial charge in [0.15, 0.2) is 0 Å². The van der Waals surface area contributed by atoms with Crippen LogP contribution < -0.4 is 11.5 Å². The maximum atomic E-state index is 5.86. The van der Waals surface area contributed by atoms with Crippen LogP contribution in [0.5, 0.6) is 0 Å². The van der Waals surface area contributed by atoms with E-state index in [-0.39, 0.29) is 7.43 Å². The van der Waals surface area contributed by atoms with Crippen LogP contribution in [0, 0.1) is 0 Å². The first-order valence-corrected chi connectivity index (χ1v) is 4.48. The standard InChI is InChI=1S/C12H12N2.CH4/c13-10-7-5-9(6-8-10)11-3-1-2-4-12(11)14;/h1-8H,13-14H2;1H4. The molecule has 78 valence electrons. The van der Waals surface area contributed by atoms with Crippen LogP contribution in [-0.4, -0.2) is 0 Å². The molecule has 0 heterocycles. The summed E-state index contributed by atoms with van der Waals surface area (Å²) >= 11 is 0. The molecule has 2 nitrogen and oxygen atoms in total. The highest BCUT2D eigenvalue weighted by molar-refractivity contribution is 5.76. The average Bonchev–Trinajstić information content (AvgIpc) is 2.20. The number of anilines is 2. The van der Waals surface area contributed by atoms with Crippen molar-refractivity contribution in [1.29, 1.82) is 0 Å². The molecular weight excluding hydrogens is 184 g/mol. The molecule has 2 aromatic rings. The number of para-hydroxylation sites is 1. The SMILES string of the molecule is C.Nc1ccc(-c2ccccc2N)cc1. The van der Waals surface area contributed by atoms with Gasteiger partial charge in [0.25, 0.3) is 0 Å². The third-order valence-corrected chi connectivity index (χ3v) is 2.18. The van der Waals surface area contributed by atoms with Crippen molar-refractivity contribution in [2.75, 3.05) is 11.5 Å². The van der Waals surface area contributed by atoms with E-state index in [2.05, 4.69) is 0 Å². The Kier molecular flexibility index (Phi) is 3.34. The molecule has 0 bridgehead atoms. The van der Waals surface area contributed by atoms with Crippen LogP contribution >= 0.6 is 0 Å². The number of benzene rings is 2. The minimum atomic E-state index is 0. The summed E-state index contributed by atoms with van der Waals surface area (Å²) in [7, 11) is 0. The van der Waals surface area contributed by atoms with Crippen molar-refractivity contribution in [2.24, 2.45) is 0 Å². The Bertz CT molecular complexity index is 433. The van der Waals surface area contributed by atoms with Gasteiger partial charge in [0.1, 0.15) is 0 Å². The summed E-state index contributed by atoms with van der Waals surface area (Å²) in [4.78, 5) is 0. The van der Waals surface area contributed by atoms with Crippen molar-refractivity contribution < 1.29 is 0 Å². The third kappa shape index (κ3) is 2.29. The van der Waals surface area contributed by atoms with Gasteiger partial charge in [-0.25, -0.2) is 0 Å². The van der Waals surface area contributed by atoms with Gasteiger partial charge in [0.05, 0.1) is 0 Å². The van der Waals surface area contributed by atoms with Gasteiger partial charge in [0, 0.05) is 16.9 Å². The number of hydrogen-bond donors (Lipinski definition) is 2. The van der Waals surface area contributed by atoms with E-state index in [1.54, 1.807) is 0 Å². The van der Waals surface area contributed by atoms with Crippen LogP contribution in [0.3, 0.4) is 0 Å². The molecule has 0 aliphatic heterocycles. The van der Waals surface area contributed by atoms with Crippen LogP contribution in [0.15, 0.2) is 48.5 Å². The molecule has 0 fully saturated rings. The van der Waals surface area contributed by atoms with E-state index in [9.17, 15) is 0 Å². The summed E-state index contributed by atoms with van der Waals surface area (Å²) < 4.78 is 0. The fourth-order valence-electron chi connectivity index (χ4n) is 1.42. The molecule has 0 aliphatic rings. The van der Waals surface area contributed by atoms with Crippen molar-refractivity contribution in [3.63, 3.8) is 0 Å². The Labute approximate surface area is 90.5 Å². The van der Waals surface area contributed by atoms with Crippen molar-refractivity contribution >= 4 is 11.4 Å². The smallest absolute Gasteiger partial charge is 0.0393 e. The second-order valence-electron chi connectivity index (χ2n) is 3.21. The van der Waals surface area contributed by atoms with Gasteiger partial charge in [-0.2, -0.15) is 0 Å². The van der Waals surface area contributed by atoms with Gasteiger partial charge in [-0.05, 0) is 23.8 Å². The van der Waals surface area contributed by atoms with E-state index in [0.29, 0.717) is 0 Å². The van der Waals surface area contributed by atoms with Gasteiger partial charge >= 0.3 is 0 Å². The quantitative estimate of drug-likeness (QED) is 0.695. The molecule has 0 amide bonds. The molecule has 0 aliphatic carbocycles. The summed E-state index contributed by atoms with van der Waals surface area (Å²) in [6, 6.07) is 15.5. The van der Waals surface area contributed by atoms with E-state index in [0.717, 1.165) is 22.5 Å². The molecule has 15 heavy (non-hydrogen) atoms. The second-order valence-corrected chi connectivity index (χ2v) is 3.21. The maximum Gasteiger partial charge on any atom is 0.0393 e. The highest BCUT2D eigenvalue weighted by Gasteiger charge is 1.99.